The molecule has 0 saturated heterocycles. The Morgan fingerprint density at radius 3 is 3.10 bits per heavy atom. The van der Waals surface area contributed by atoms with Crippen LogP contribution in [-0.2, 0) is 5.54 Å². The van der Waals surface area contributed by atoms with Crippen molar-refractivity contribution in [2.75, 3.05) is 0 Å². The van der Waals surface area contributed by atoms with Crippen molar-refractivity contribution in [3.05, 3.63) is 43.9 Å². The van der Waals surface area contributed by atoms with Gasteiger partial charge in [0.25, 0.3) is 0 Å². The minimum Gasteiger partial charge on any atom is -0.359 e. The van der Waals surface area contributed by atoms with Crippen LogP contribution in [0.3, 0.4) is 0 Å². The predicted molar refractivity (Wildman–Crippen MR) is 64.2 cm³/mol. The molecule has 0 aliphatic heterocycles. The first kappa shape index (κ1) is 12.3. The number of hydrogen-bond acceptors (Lipinski definition) is 6. The van der Waals surface area contributed by atoms with E-state index >= 15 is 0 Å². The van der Waals surface area contributed by atoms with Crippen LogP contribution in [0.5, 0.6) is 0 Å². The predicted octanol–water partition coefficient (Wildman–Crippen LogP) is 1.06. The van der Waals surface area contributed by atoms with Crippen molar-refractivity contribution in [2.45, 2.75) is 25.3 Å². The van der Waals surface area contributed by atoms with Gasteiger partial charge in [0.05, 0.1) is 12.0 Å². The lowest BCUT2D eigenvalue weighted by Crippen LogP contribution is -2.48. The summed E-state index contributed by atoms with van der Waals surface area (Å²) in [5, 5.41) is 36.0. The molecule has 0 aromatic carbocycles. The molecular weight excluding hydrogens is 264 g/mol. The first-order valence-electron chi connectivity index (χ1n) is 6.02. The molecule has 1 aromatic rings. The molecule has 0 bridgehead atoms. The van der Waals surface area contributed by atoms with Gasteiger partial charge in [0, 0.05) is 28.1 Å². The summed E-state index contributed by atoms with van der Waals surface area (Å²) in [6.07, 6.45) is 3.58. The second kappa shape index (κ2) is 3.90. The average Bonchev–Trinajstić information content (AvgIpc) is 2.79. The molecule has 20 heavy (non-hydrogen) atoms. The fourth-order valence-corrected chi connectivity index (χ4v) is 3.00. The number of aromatic nitrogens is 2. The molecular formula is C12H10N4O4. The summed E-state index contributed by atoms with van der Waals surface area (Å²) < 4.78 is 4.49. The zero-order valence-electron chi connectivity index (χ0n) is 10.6. The van der Waals surface area contributed by atoms with E-state index in [0.29, 0.717) is 6.42 Å². The molecule has 0 saturated carbocycles. The Bertz CT molecular complexity index is 712. The molecule has 0 unspecified atom stereocenters. The number of fused-ring (bicyclic) bond motifs is 3. The smallest absolute Gasteiger partial charge is 0.304 e. The van der Waals surface area contributed by atoms with Crippen LogP contribution in [0.4, 0.5) is 0 Å². The largest absolute Gasteiger partial charge is 0.359 e. The SMILES string of the molecule is CC1=CC[C@]2([N+](=O)[O-])c3no[n+]([O-])c3C=C(C#N)[C@@H]2C1. The minimum atomic E-state index is -1.59. The molecule has 8 heteroatoms. The molecule has 2 aliphatic rings. The van der Waals surface area contributed by atoms with E-state index in [2.05, 4.69) is 9.79 Å². The van der Waals surface area contributed by atoms with E-state index in [0.717, 1.165) is 5.57 Å². The third kappa shape index (κ3) is 1.34. The molecule has 2 aliphatic carbocycles. The monoisotopic (exact) mass is 274 g/mol. The van der Waals surface area contributed by atoms with Crippen LogP contribution >= 0.6 is 0 Å². The average molecular weight is 274 g/mol. The van der Waals surface area contributed by atoms with Crippen molar-refractivity contribution in [3.63, 3.8) is 0 Å². The van der Waals surface area contributed by atoms with Crippen molar-refractivity contribution in [3.8, 4) is 6.07 Å². The van der Waals surface area contributed by atoms with Crippen LogP contribution < -0.4 is 4.90 Å². The maximum absolute atomic E-state index is 11.7. The zero-order valence-corrected chi connectivity index (χ0v) is 10.6. The van der Waals surface area contributed by atoms with Crippen molar-refractivity contribution < 1.29 is 14.5 Å². The van der Waals surface area contributed by atoms with Gasteiger partial charge in [-0.25, -0.2) is 0 Å². The highest BCUT2D eigenvalue weighted by Crippen LogP contribution is 2.49. The number of nitriles is 1. The van der Waals surface area contributed by atoms with E-state index < -0.39 is 16.4 Å². The molecule has 1 aromatic heterocycles. The Morgan fingerprint density at radius 2 is 2.45 bits per heavy atom. The Balaban J connectivity index is 2.33. The number of nitrogens with zero attached hydrogens (tertiary/aromatic N) is 4. The fourth-order valence-electron chi connectivity index (χ4n) is 3.00. The first-order valence-corrected chi connectivity index (χ1v) is 6.02. The quantitative estimate of drug-likeness (QED) is 0.327. The lowest BCUT2D eigenvalue weighted by molar-refractivity contribution is -0.803. The van der Waals surface area contributed by atoms with Gasteiger partial charge in [-0.15, -0.1) is 0 Å². The van der Waals surface area contributed by atoms with Crippen LogP contribution in [0.2, 0.25) is 0 Å². The summed E-state index contributed by atoms with van der Waals surface area (Å²) in [5.41, 5.74) is -0.439. The molecule has 1 heterocycles. The summed E-state index contributed by atoms with van der Waals surface area (Å²) in [4.78, 5) is 11.4. The van der Waals surface area contributed by atoms with Crippen molar-refractivity contribution in [1.82, 2.24) is 5.16 Å². The summed E-state index contributed by atoms with van der Waals surface area (Å²) in [6, 6.07) is 1.97. The van der Waals surface area contributed by atoms with Crippen molar-refractivity contribution in [1.29, 1.82) is 5.26 Å². The summed E-state index contributed by atoms with van der Waals surface area (Å²) in [7, 11) is 0. The fraction of sp³-hybridized carbons (Fsp3) is 0.417. The highest BCUT2D eigenvalue weighted by molar-refractivity contribution is 5.60. The lowest BCUT2D eigenvalue weighted by atomic mass is 9.66. The third-order valence-electron chi connectivity index (χ3n) is 4.04. The lowest BCUT2D eigenvalue weighted by Gasteiger charge is -2.34. The van der Waals surface area contributed by atoms with Crippen LogP contribution in [0.25, 0.3) is 6.08 Å². The van der Waals surface area contributed by atoms with Crippen molar-refractivity contribution in [2.24, 2.45) is 5.92 Å². The Labute approximate surface area is 113 Å². The van der Waals surface area contributed by atoms with Gasteiger partial charge < -0.3 is 5.21 Å². The Morgan fingerprint density at radius 1 is 1.70 bits per heavy atom. The maximum Gasteiger partial charge on any atom is 0.304 e. The van der Waals surface area contributed by atoms with Gasteiger partial charge in [-0.05, 0) is 18.2 Å². The molecule has 0 spiro atoms. The topological polar surface area (TPSA) is 120 Å². The number of rotatable bonds is 1. The molecule has 0 amide bonds. The number of hydrogen-bond donors (Lipinski definition) is 0. The molecule has 3 rings (SSSR count). The second-order valence-electron chi connectivity index (χ2n) is 5.07. The van der Waals surface area contributed by atoms with Gasteiger partial charge >= 0.3 is 11.2 Å². The van der Waals surface area contributed by atoms with E-state index in [1.165, 1.54) is 6.08 Å². The van der Waals surface area contributed by atoms with Gasteiger partial charge in [-0.1, -0.05) is 11.6 Å². The summed E-state index contributed by atoms with van der Waals surface area (Å²) in [5.74, 6) is -0.620. The van der Waals surface area contributed by atoms with E-state index in [4.69, 9.17) is 0 Å². The molecule has 0 fully saturated rings. The van der Waals surface area contributed by atoms with E-state index in [-0.39, 0.29) is 28.3 Å². The summed E-state index contributed by atoms with van der Waals surface area (Å²) >= 11 is 0. The van der Waals surface area contributed by atoms with Crippen LogP contribution in [0, 0.1) is 32.6 Å². The molecule has 2 atom stereocenters. The van der Waals surface area contributed by atoms with Gasteiger partial charge in [-0.2, -0.15) is 5.26 Å². The van der Waals surface area contributed by atoms with E-state index in [1.54, 1.807) is 6.08 Å². The van der Waals surface area contributed by atoms with E-state index in [9.17, 15) is 20.6 Å². The van der Waals surface area contributed by atoms with Gasteiger partial charge in [0.2, 0.25) is 5.69 Å². The van der Waals surface area contributed by atoms with E-state index in [1.807, 2.05) is 13.0 Å². The second-order valence-corrected chi connectivity index (χ2v) is 5.07. The number of nitro groups is 1. The van der Waals surface area contributed by atoms with Crippen molar-refractivity contribution >= 4 is 6.08 Å². The first-order chi connectivity index (χ1) is 9.50. The third-order valence-corrected chi connectivity index (χ3v) is 4.04. The molecule has 8 nitrogen and oxygen atoms in total. The van der Waals surface area contributed by atoms with Crippen LogP contribution in [-0.4, -0.2) is 10.1 Å². The minimum absolute atomic E-state index is 0.00486. The van der Waals surface area contributed by atoms with Gasteiger partial charge in [-0.3, -0.25) is 14.7 Å². The Kier molecular flexibility index (Phi) is 2.41. The standard InChI is InChI=1S/C12H10N4O4/c1-7-2-3-12(16(18)19)9(4-7)8(6-13)5-10-11(12)14-20-15(10)17/h2,5,9H,3-4H2,1H3/t9-,12+/m0/s1. The maximum atomic E-state index is 11.7. The van der Waals surface area contributed by atoms with Gasteiger partial charge in [0.15, 0.2) is 0 Å². The highest BCUT2D eigenvalue weighted by Gasteiger charge is 2.63. The molecule has 0 N–H and O–H groups in total. The molecule has 102 valence electrons. The zero-order chi connectivity index (χ0) is 14.5. The number of allylic oxidation sites excluding steroid dienone is 1. The van der Waals surface area contributed by atoms with Crippen LogP contribution in [0.1, 0.15) is 31.2 Å². The summed E-state index contributed by atoms with van der Waals surface area (Å²) in [6.45, 7) is 1.87. The molecule has 0 radical (unpaired) electrons. The van der Waals surface area contributed by atoms with Gasteiger partial charge in [0.1, 0.15) is 0 Å². The highest BCUT2D eigenvalue weighted by atomic mass is 16.8. The Hall–Kier alpha value is -2.69. The normalized spacial score (nSPS) is 27.7. The van der Waals surface area contributed by atoms with Crippen LogP contribution in [0.15, 0.2) is 21.9 Å².